The Labute approximate surface area is 103 Å². The van der Waals surface area contributed by atoms with Gasteiger partial charge >= 0.3 is 0 Å². The van der Waals surface area contributed by atoms with E-state index in [1.165, 1.54) is 19.3 Å². The van der Waals surface area contributed by atoms with Crippen molar-refractivity contribution in [2.45, 2.75) is 39.2 Å². The number of piperidine rings is 1. The fourth-order valence-corrected chi connectivity index (χ4v) is 2.36. The largest absolute Gasteiger partial charge is 0.337 e. The van der Waals surface area contributed by atoms with Gasteiger partial charge in [-0.15, -0.1) is 0 Å². The van der Waals surface area contributed by atoms with Crippen LogP contribution in [0, 0.1) is 6.92 Å². The Balaban J connectivity index is 2.10. The van der Waals surface area contributed by atoms with Crippen LogP contribution in [0.1, 0.15) is 31.9 Å². The van der Waals surface area contributed by atoms with E-state index < -0.39 is 0 Å². The lowest BCUT2D eigenvalue weighted by atomic mass is 10.0. The molecule has 0 radical (unpaired) electrons. The summed E-state index contributed by atoms with van der Waals surface area (Å²) in [6.45, 7) is 7.32. The van der Waals surface area contributed by atoms with E-state index in [0.717, 1.165) is 31.3 Å². The van der Waals surface area contributed by atoms with Crippen LogP contribution in [0.25, 0.3) is 0 Å². The van der Waals surface area contributed by atoms with E-state index in [0.29, 0.717) is 6.04 Å². The molecule has 4 nitrogen and oxygen atoms in total. The molecular formula is C13H22N4. The summed E-state index contributed by atoms with van der Waals surface area (Å²) in [7, 11) is 0. The number of nitrogens with zero attached hydrogens (tertiary/aromatic N) is 3. The first-order valence-electron chi connectivity index (χ1n) is 6.58. The molecule has 1 aliphatic rings. The third-order valence-electron chi connectivity index (χ3n) is 3.30. The minimum atomic E-state index is 0.547. The third kappa shape index (κ3) is 3.16. The molecule has 17 heavy (non-hydrogen) atoms. The summed E-state index contributed by atoms with van der Waals surface area (Å²) in [5, 5.41) is 3.44. The quantitative estimate of drug-likeness (QED) is 0.862. The maximum absolute atomic E-state index is 4.54. The van der Waals surface area contributed by atoms with Crippen LogP contribution in [-0.4, -0.2) is 35.6 Å². The highest BCUT2D eigenvalue weighted by molar-refractivity contribution is 5.32. The van der Waals surface area contributed by atoms with E-state index in [4.69, 9.17) is 0 Å². The standard InChI is InChI=1S/C13H22N4/c1-3-14-10-12-6-4-5-9-17(12)13-15-8-7-11(2)16-13/h7-8,12,14H,3-6,9-10H2,1-2H3. The van der Waals surface area contributed by atoms with Crippen molar-refractivity contribution in [2.24, 2.45) is 0 Å². The number of anilines is 1. The van der Waals surface area contributed by atoms with Gasteiger partial charge in [0, 0.05) is 31.0 Å². The minimum absolute atomic E-state index is 0.547. The van der Waals surface area contributed by atoms with Gasteiger partial charge in [-0.3, -0.25) is 0 Å². The highest BCUT2D eigenvalue weighted by Gasteiger charge is 2.23. The average Bonchev–Trinajstić information content (AvgIpc) is 2.37. The van der Waals surface area contributed by atoms with Crippen molar-refractivity contribution >= 4 is 5.95 Å². The number of hydrogen-bond acceptors (Lipinski definition) is 4. The second-order valence-electron chi connectivity index (χ2n) is 4.65. The fourth-order valence-electron chi connectivity index (χ4n) is 2.36. The smallest absolute Gasteiger partial charge is 0.225 e. The van der Waals surface area contributed by atoms with Crippen LogP contribution >= 0.6 is 0 Å². The molecular weight excluding hydrogens is 212 g/mol. The molecule has 1 aromatic heterocycles. The monoisotopic (exact) mass is 234 g/mol. The summed E-state index contributed by atoms with van der Waals surface area (Å²) < 4.78 is 0. The highest BCUT2D eigenvalue weighted by Crippen LogP contribution is 2.21. The molecule has 0 aromatic carbocycles. The lowest BCUT2D eigenvalue weighted by molar-refractivity contribution is 0.433. The van der Waals surface area contributed by atoms with Crippen LogP contribution in [-0.2, 0) is 0 Å². The zero-order valence-corrected chi connectivity index (χ0v) is 10.8. The van der Waals surface area contributed by atoms with E-state index in [1.807, 2.05) is 19.2 Å². The van der Waals surface area contributed by atoms with Gasteiger partial charge in [-0.1, -0.05) is 6.92 Å². The number of nitrogens with one attached hydrogen (secondary N) is 1. The van der Waals surface area contributed by atoms with Crippen LogP contribution in [0.2, 0.25) is 0 Å². The first kappa shape index (κ1) is 12.3. The SMILES string of the molecule is CCNCC1CCCCN1c1nccc(C)n1. The number of aromatic nitrogens is 2. The summed E-state index contributed by atoms with van der Waals surface area (Å²) in [6.07, 6.45) is 5.67. The first-order valence-corrected chi connectivity index (χ1v) is 6.58. The van der Waals surface area contributed by atoms with E-state index in [1.54, 1.807) is 0 Å². The van der Waals surface area contributed by atoms with Gasteiger partial charge in [0.05, 0.1) is 0 Å². The molecule has 1 fully saturated rings. The van der Waals surface area contributed by atoms with Gasteiger partial charge in [-0.25, -0.2) is 9.97 Å². The Morgan fingerprint density at radius 2 is 2.35 bits per heavy atom. The fraction of sp³-hybridized carbons (Fsp3) is 0.692. The Bertz CT molecular complexity index is 353. The van der Waals surface area contributed by atoms with Gasteiger partial charge in [0.1, 0.15) is 0 Å². The maximum Gasteiger partial charge on any atom is 0.225 e. The van der Waals surface area contributed by atoms with Gasteiger partial charge in [-0.05, 0) is 38.8 Å². The Hall–Kier alpha value is -1.16. The van der Waals surface area contributed by atoms with Crippen LogP contribution < -0.4 is 10.2 Å². The number of likely N-dealkylation sites (N-methyl/N-ethyl adjacent to an activating group) is 1. The average molecular weight is 234 g/mol. The van der Waals surface area contributed by atoms with Crippen molar-refractivity contribution in [3.63, 3.8) is 0 Å². The molecule has 0 amide bonds. The molecule has 1 unspecified atom stereocenters. The number of aryl methyl sites for hydroxylation is 1. The third-order valence-corrected chi connectivity index (χ3v) is 3.30. The van der Waals surface area contributed by atoms with Crippen molar-refractivity contribution in [1.82, 2.24) is 15.3 Å². The van der Waals surface area contributed by atoms with Gasteiger partial charge in [0.2, 0.25) is 5.95 Å². The predicted octanol–water partition coefficient (Wildman–Crippen LogP) is 1.75. The van der Waals surface area contributed by atoms with Crippen molar-refractivity contribution in [3.05, 3.63) is 18.0 Å². The topological polar surface area (TPSA) is 41.0 Å². The van der Waals surface area contributed by atoms with Crippen molar-refractivity contribution in [1.29, 1.82) is 0 Å². The lowest BCUT2D eigenvalue weighted by Gasteiger charge is -2.36. The van der Waals surface area contributed by atoms with Gasteiger partial charge < -0.3 is 10.2 Å². The second-order valence-corrected chi connectivity index (χ2v) is 4.65. The Morgan fingerprint density at radius 1 is 1.47 bits per heavy atom. The van der Waals surface area contributed by atoms with Crippen LogP contribution in [0.3, 0.4) is 0 Å². The van der Waals surface area contributed by atoms with E-state index >= 15 is 0 Å². The van der Waals surface area contributed by atoms with Crippen LogP contribution in [0.4, 0.5) is 5.95 Å². The highest BCUT2D eigenvalue weighted by atomic mass is 15.3. The number of hydrogen-bond donors (Lipinski definition) is 1. The first-order chi connectivity index (χ1) is 8.31. The van der Waals surface area contributed by atoms with E-state index in [2.05, 4.69) is 27.1 Å². The normalized spacial score (nSPS) is 20.6. The molecule has 0 saturated carbocycles. The number of rotatable bonds is 4. The summed E-state index contributed by atoms with van der Waals surface area (Å²) in [6, 6.07) is 2.50. The molecule has 4 heteroatoms. The van der Waals surface area contributed by atoms with Gasteiger partial charge in [0.15, 0.2) is 0 Å². The molecule has 0 spiro atoms. The Kier molecular flexibility index (Phi) is 4.31. The Morgan fingerprint density at radius 3 is 3.12 bits per heavy atom. The summed E-state index contributed by atoms with van der Waals surface area (Å²) in [4.78, 5) is 11.3. The molecule has 1 saturated heterocycles. The van der Waals surface area contributed by atoms with Crippen LogP contribution in [0.15, 0.2) is 12.3 Å². The zero-order chi connectivity index (χ0) is 12.1. The molecule has 1 N–H and O–H groups in total. The summed E-state index contributed by atoms with van der Waals surface area (Å²) in [5.74, 6) is 0.896. The summed E-state index contributed by atoms with van der Waals surface area (Å²) >= 11 is 0. The van der Waals surface area contributed by atoms with Crippen molar-refractivity contribution < 1.29 is 0 Å². The van der Waals surface area contributed by atoms with Gasteiger partial charge in [-0.2, -0.15) is 0 Å². The zero-order valence-electron chi connectivity index (χ0n) is 10.8. The molecule has 2 heterocycles. The van der Waals surface area contributed by atoms with E-state index in [9.17, 15) is 0 Å². The molecule has 2 rings (SSSR count). The van der Waals surface area contributed by atoms with Crippen molar-refractivity contribution in [3.8, 4) is 0 Å². The lowest BCUT2D eigenvalue weighted by Crippen LogP contribution is -2.46. The maximum atomic E-state index is 4.54. The molecule has 1 atom stereocenters. The predicted molar refractivity (Wildman–Crippen MR) is 70.3 cm³/mol. The summed E-state index contributed by atoms with van der Waals surface area (Å²) in [5.41, 5.74) is 1.04. The molecule has 1 aromatic rings. The second kappa shape index (κ2) is 5.96. The van der Waals surface area contributed by atoms with Gasteiger partial charge in [0.25, 0.3) is 0 Å². The molecule has 0 aliphatic carbocycles. The van der Waals surface area contributed by atoms with Crippen LogP contribution in [0.5, 0.6) is 0 Å². The minimum Gasteiger partial charge on any atom is -0.337 e. The molecule has 1 aliphatic heterocycles. The molecule has 0 bridgehead atoms. The van der Waals surface area contributed by atoms with Crippen molar-refractivity contribution in [2.75, 3.05) is 24.5 Å². The molecule has 94 valence electrons. The van der Waals surface area contributed by atoms with E-state index in [-0.39, 0.29) is 0 Å².